The maximum atomic E-state index is 15.0. The van der Waals surface area contributed by atoms with Crippen molar-refractivity contribution in [2.24, 2.45) is 0 Å². The normalized spacial score (nSPS) is 21.1. The highest BCUT2D eigenvalue weighted by atomic mass is 32.2. The van der Waals surface area contributed by atoms with Crippen LogP contribution in [0.5, 0.6) is 0 Å². The molecule has 0 saturated heterocycles. The van der Waals surface area contributed by atoms with Gasteiger partial charge in [-0.05, 0) is 37.6 Å². The van der Waals surface area contributed by atoms with Gasteiger partial charge in [-0.3, -0.25) is 9.59 Å². The zero-order valence-corrected chi connectivity index (χ0v) is 22.1. The van der Waals surface area contributed by atoms with E-state index in [2.05, 4.69) is 10.6 Å². The summed E-state index contributed by atoms with van der Waals surface area (Å²) in [5.41, 5.74) is 1.65. The van der Waals surface area contributed by atoms with Gasteiger partial charge in [-0.1, -0.05) is 6.92 Å². The van der Waals surface area contributed by atoms with Gasteiger partial charge in [0.15, 0.2) is 5.60 Å². The molecule has 0 radical (unpaired) electrons. The molecule has 5 heterocycles. The number of nitrogens with zero attached hydrogens (tertiary/aromatic N) is 2. The minimum atomic E-state index is -1.94. The number of carbonyl (C=O) groups excluding carboxylic acids is 2. The molecule has 11 heteroatoms. The molecular weight excluding hydrogens is 511 g/mol. The van der Waals surface area contributed by atoms with Crippen molar-refractivity contribution >= 4 is 34.5 Å². The summed E-state index contributed by atoms with van der Waals surface area (Å²) in [5.74, 6) is -0.773. The predicted octanol–water partition coefficient (Wildman–Crippen LogP) is 2.40. The number of ether oxygens (including phenoxy) is 1. The van der Waals surface area contributed by atoms with E-state index < -0.39 is 11.6 Å². The molecule has 0 bridgehead atoms. The Morgan fingerprint density at radius 3 is 2.87 bits per heavy atom. The Morgan fingerprint density at radius 1 is 1.34 bits per heavy atom. The number of nitrogens with one attached hydrogen (secondary N) is 2. The summed E-state index contributed by atoms with van der Waals surface area (Å²) in [6.45, 7) is 3.90. The summed E-state index contributed by atoms with van der Waals surface area (Å²) in [5, 5.41) is 18.0. The van der Waals surface area contributed by atoms with Crippen LogP contribution in [-0.4, -0.2) is 45.9 Å². The number of carbonyl (C=O) groups is 2. The molecule has 38 heavy (non-hydrogen) atoms. The zero-order valence-electron chi connectivity index (χ0n) is 21.2. The Kier molecular flexibility index (Phi) is 5.85. The molecule has 1 aromatic carbocycles. The van der Waals surface area contributed by atoms with Gasteiger partial charge in [-0.2, -0.15) is 0 Å². The fourth-order valence-electron chi connectivity index (χ4n) is 5.74. The topological polar surface area (TPSA) is 123 Å². The van der Waals surface area contributed by atoms with Gasteiger partial charge in [0.25, 0.3) is 5.56 Å². The molecule has 3 N–H and O–H groups in total. The number of thioether (sulfide) groups is 1. The number of benzene rings is 1. The van der Waals surface area contributed by atoms with Gasteiger partial charge in [0, 0.05) is 46.2 Å². The Bertz CT molecular complexity index is 1620. The maximum Gasteiger partial charge on any atom is 0.343 e. The second-order valence-electron chi connectivity index (χ2n) is 9.95. The van der Waals surface area contributed by atoms with Gasteiger partial charge in [0.2, 0.25) is 5.91 Å². The lowest BCUT2D eigenvalue weighted by atomic mass is 9.86. The molecule has 3 aliphatic heterocycles. The van der Waals surface area contributed by atoms with Crippen molar-refractivity contribution < 1.29 is 23.8 Å². The molecular formula is C27H27FN4O5S. The molecule has 9 nitrogen and oxygen atoms in total. The summed E-state index contributed by atoms with van der Waals surface area (Å²) in [7, 11) is 1.78. The number of hydrogen-bond donors (Lipinski definition) is 3. The van der Waals surface area contributed by atoms with Crippen molar-refractivity contribution in [1.82, 2.24) is 20.2 Å². The van der Waals surface area contributed by atoms with Crippen LogP contribution in [0.3, 0.4) is 0 Å². The number of cyclic esters (lactones) is 1. The summed E-state index contributed by atoms with van der Waals surface area (Å²) < 4.78 is 21.7. The monoisotopic (exact) mass is 538 g/mol. The first-order chi connectivity index (χ1) is 18.2. The average molecular weight is 539 g/mol. The number of amides is 1. The number of esters is 1. The van der Waals surface area contributed by atoms with Crippen LogP contribution >= 0.6 is 11.8 Å². The third-order valence-corrected chi connectivity index (χ3v) is 9.14. The van der Waals surface area contributed by atoms with Gasteiger partial charge in [0.05, 0.1) is 35.1 Å². The number of aliphatic hydroxyl groups is 1. The highest BCUT2D eigenvalue weighted by Gasteiger charge is 2.46. The summed E-state index contributed by atoms with van der Waals surface area (Å²) >= 11 is 1.49. The molecule has 0 spiro atoms. The van der Waals surface area contributed by atoms with Crippen LogP contribution in [0.4, 0.5) is 4.39 Å². The molecule has 0 fully saturated rings. The number of aromatic nitrogens is 2. The maximum absolute atomic E-state index is 15.0. The lowest BCUT2D eigenvalue weighted by molar-refractivity contribution is -0.172. The molecule has 3 aromatic rings. The van der Waals surface area contributed by atoms with E-state index in [1.54, 1.807) is 31.5 Å². The van der Waals surface area contributed by atoms with E-state index in [4.69, 9.17) is 9.72 Å². The van der Waals surface area contributed by atoms with E-state index in [0.29, 0.717) is 41.2 Å². The van der Waals surface area contributed by atoms with Gasteiger partial charge >= 0.3 is 5.97 Å². The Hall–Kier alpha value is -3.28. The van der Waals surface area contributed by atoms with E-state index in [0.717, 1.165) is 21.4 Å². The third kappa shape index (κ3) is 3.45. The van der Waals surface area contributed by atoms with Crippen molar-refractivity contribution in [3.63, 3.8) is 0 Å². The van der Waals surface area contributed by atoms with Gasteiger partial charge in [0.1, 0.15) is 12.4 Å². The number of rotatable bonds is 5. The zero-order chi connectivity index (χ0) is 26.9. The first kappa shape index (κ1) is 25.0. The summed E-state index contributed by atoms with van der Waals surface area (Å²) in [6.07, 6.45) is 0.343. The van der Waals surface area contributed by atoms with Crippen molar-refractivity contribution in [2.45, 2.75) is 56.4 Å². The van der Waals surface area contributed by atoms with Gasteiger partial charge in [-0.15, -0.1) is 11.8 Å². The Labute approximate surface area is 221 Å². The van der Waals surface area contributed by atoms with Crippen molar-refractivity contribution in [3.8, 4) is 11.4 Å². The van der Waals surface area contributed by atoms with E-state index in [1.165, 1.54) is 17.8 Å². The smallest absolute Gasteiger partial charge is 0.343 e. The number of hydrogen-bond acceptors (Lipinski definition) is 8. The van der Waals surface area contributed by atoms with Crippen LogP contribution in [0.1, 0.15) is 53.6 Å². The number of pyridine rings is 2. The van der Waals surface area contributed by atoms with Crippen LogP contribution < -0.4 is 16.2 Å². The Morgan fingerprint density at radius 2 is 2.13 bits per heavy atom. The van der Waals surface area contributed by atoms with Crippen LogP contribution in [0.25, 0.3) is 22.3 Å². The molecule has 0 aliphatic carbocycles. The van der Waals surface area contributed by atoms with Crippen molar-refractivity contribution in [2.75, 3.05) is 19.3 Å². The lowest BCUT2D eigenvalue weighted by Crippen LogP contribution is -2.44. The predicted molar refractivity (Wildman–Crippen MR) is 139 cm³/mol. The van der Waals surface area contributed by atoms with Crippen LogP contribution in [-0.2, 0) is 33.1 Å². The quantitative estimate of drug-likeness (QED) is 0.331. The van der Waals surface area contributed by atoms with E-state index >= 15 is 0 Å². The number of halogens is 1. The molecule has 2 aromatic heterocycles. The van der Waals surface area contributed by atoms with Gasteiger partial charge in [-0.25, -0.2) is 14.2 Å². The molecule has 6 rings (SSSR count). The van der Waals surface area contributed by atoms with Crippen molar-refractivity contribution in [1.29, 1.82) is 0 Å². The van der Waals surface area contributed by atoms with E-state index in [1.807, 2.05) is 0 Å². The van der Waals surface area contributed by atoms with Crippen molar-refractivity contribution in [3.05, 3.63) is 56.1 Å². The summed E-state index contributed by atoms with van der Waals surface area (Å²) in [6, 6.07) is 2.67. The standard InChI is InChI=1S/C27H27FN4O5S/c1-4-27(36)15-7-19-23-13(9-32(19)25(34)14(15)10-37-26(27)35)21-18(30-20(33)5-6-29-3)11-38-24-12(2)16(28)8-17(31-23)22(21)24/h7-8,18,29,36H,4-6,9-11H2,1-3H3,(H,30,33)/t18-,27-/m0/s1. The van der Waals surface area contributed by atoms with E-state index in [9.17, 15) is 23.9 Å². The van der Waals surface area contributed by atoms with Crippen LogP contribution in [0.15, 0.2) is 21.8 Å². The lowest BCUT2D eigenvalue weighted by Gasteiger charge is -2.31. The first-order valence-electron chi connectivity index (χ1n) is 12.6. The molecule has 0 unspecified atom stereocenters. The molecule has 2 atom stereocenters. The summed E-state index contributed by atoms with van der Waals surface area (Å²) in [4.78, 5) is 44.5. The fraction of sp³-hybridized carbons (Fsp3) is 0.407. The van der Waals surface area contributed by atoms with E-state index in [-0.39, 0.29) is 54.0 Å². The molecule has 198 valence electrons. The highest BCUT2D eigenvalue weighted by molar-refractivity contribution is 7.99. The third-order valence-electron chi connectivity index (χ3n) is 7.84. The average Bonchev–Trinajstić information content (AvgIpc) is 3.27. The second kappa shape index (κ2) is 8.89. The van der Waals surface area contributed by atoms with Gasteiger partial charge < -0.3 is 25.0 Å². The Balaban J connectivity index is 1.60. The number of fused-ring (bicyclic) bond motifs is 5. The minimum Gasteiger partial charge on any atom is -0.458 e. The molecule has 1 amide bonds. The SMILES string of the molecule is CC[C@@]1(O)C(=O)OCc2c1cc1n(c2=O)Cc2c-1nc1cc(F)c(C)c3c1c2[C@@H](NC(=O)CCNC)CS3. The molecule has 3 aliphatic rings. The fourth-order valence-corrected chi connectivity index (χ4v) is 7.00. The largest absolute Gasteiger partial charge is 0.458 e. The highest BCUT2D eigenvalue weighted by Crippen LogP contribution is 2.48. The van der Waals surface area contributed by atoms with Crippen LogP contribution in [0.2, 0.25) is 0 Å². The molecule has 0 saturated carbocycles. The minimum absolute atomic E-state index is 0.0385. The first-order valence-corrected chi connectivity index (χ1v) is 13.6. The van der Waals surface area contributed by atoms with Crippen LogP contribution in [0, 0.1) is 12.7 Å². The second-order valence-corrected chi connectivity index (χ2v) is 11.0.